The van der Waals surface area contributed by atoms with Crippen LogP contribution < -0.4 is 15.2 Å². The van der Waals surface area contributed by atoms with Gasteiger partial charge in [0.05, 0.1) is 12.9 Å². The van der Waals surface area contributed by atoms with Gasteiger partial charge in [-0.3, -0.25) is 4.79 Å². The maximum atomic E-state index is 11.8. The van der Waals surface area contributed by atoms with Gasteiger partial charge < -0.3 is 14.2 Å². The lowest BCUT2D eigenvalue weighted by atomic mass is 9.98. The quantitative estimate of drug-likeness (QED) is 0.806. The molecule has 4 rings (SSSR count). The van der Waals surface area contributed by atoms with Crippen molar-refractivity contribution in [3.63, 3.8) is 0 Å². The van der Waals surface area contributed by atoms with E-state index >= 15 is 0 Å². The van der Waals surface area contributed by atoms with Crippen LogP contribution >= 0.6 is 0 Å². The first kappa shape index (κ1) is 17.9. The van der Waals surface area contributed by atoms with Crippen molar-refractivity contribution in [1.82, 2.24) is 19.5 Å². The van der Waals surface area contributed by atoms with Crippen molar-refractivity contribution in [3.8, 4) is 5.88 Å². The maximum Gasteiger partial charge on any atom is 0.255 e. The maximum absolute atomic E-state index is 11.8. The fraction of sp³-hybridized carbons (Fsp3) is 0.600. The van der Waals surface area contributed by atoms with E-state index in [0.29, 0.717) is 18.4 Å². The van der Waals surface area contributed by atoms with Crippen LogP contribution in [0.3, 0.4) is 0 Å². The average molecular weight is 369 g/mol. The van der Waals surface area contributed by atoms with Gasteiger partial charge in [0.2, 0.25) is 5.88 Å². The minimum Gasteiger partial charge on any atom is -0.477 e. The molecule has 0 N–H and O–H groups in total. The molecule has 0 spiro atoms. The summed E-state index contributed by atoms with van der Waals surface area (Å²) in [5.41, 5.74) is 2.04. The van der Waals surface area contributed by atoms with Gasteiger partial charge in [-0.05, 0) is 45.4 Å². The second-order valence-corrected chi connectivity index (χ2v) is 7.81. The van der Waals surface area contributed by atoms with E-state index in [1.54, 1.807) is 19.4 Å². The molecule has 2 fully saturated rings. The van der Waals surface area contributed by atoms with Crippen LogP contribution in [0.15, 0.2) is 17.2 Å². The zero-order chi connectivity index (χ0) is 19.0. The summed E-state index contributed by atoms with van der Waals surface area (Å²) >= 11 is 0. The Morgan fingerprint density at radius 2 is 1.89 bits per heavy atom. The zero-order valence-electron chi connectivity index (χ0n) is 16.3. The molecule has 0 unspecified atom stereocenters. The summed E-state index contributed by atoms with van der Waals surface area (Å²) in [5.74, 6) is 3.49. The second kappa shape index (κ2) is 7.29. The van der Waals surface area contributed by atoms with Gasteiger partial charge in [0.15, 0.2) is 0 Å². The molecule has 2 aromatic heterocycles. The molecule has 2 aromatic rings. The Morgan fingerprint density at radius 1 is 1.15 bits per heavy atom. The SMILES string of the molecule is Cc1nc(C2CC2)nc(OCC2CCN(c3cc(=O)n(C)cn3)CC2)c1C. The molecular weight excluding hydrogens is 342 g/mol. The van der Waals surface area contributed by atoms with Crippen molar-refractivity contribution in [1.29, 1.82) is 0 Å². The van der Waals surface area contributed by atoms with Gasteiger partial charge in [0.1, 0.15) is 11.6 Å². The normalized spacial score (nSPS) is 18.0. The molecule has 7 nitrogen and oxygen atoms in total. The largest absolute Gasteiger partial charge is 0.477 e. The van der Waals surface area contributed by atoms with E-state index in [-0.39, 0.29) is 5.56 Å². The zero-order valence-corrected chi connectivity index (χ0v) is 16.3. The van der Waals surface area contributed by atoms with E-state index in [9.17, 15) is 4.79 Å². The lowest BCUT2D eigenvalue weighted by Crippen LogP contribution is -2.37. The van der Waals surface area contributed by atoms with Gasteiger partial charge >= 0.3 is 0 Å². The van der Waals surface area contributed by atoms with Crippen molar-refractivity contribution in [2.75, 3.05) is 24.6 Å². The number of rotatable bonds is 5. The molecular formula is C20H27N5O2. The van der Waals surface area contributed by atoms with Gasteiger partial charge in [-0.1, -0.05) is 0 Å². The lowest BCUT2D eigenvalue weighted by Gasteiger charge is -2.32. The molecule has 1 aliphatic carbocycles. The minimum atomic E-state index is -0.0217. The Bertz CT molecular complexity index is 882. The third-order valence-corrected chi connectivity index (χ3v) is 5.66. The molecule has 144 valence electrons. The molecule has 1 aliphatic heterocycles. The third-order valence-electron chi connectivity index (χ3n) is 5.66. The highest BCUT2D eigenvalue weighted by atomic mass is 16.5. The Morgan fingerprint density at radius 3 is 2.56 bits per heavy atom. The lowest BCUT2D eigenvalue weighted by molar-refractivity contribution is 0.213. The molecule has 0 atom stereocenters. The number of aromatic nitrogens is 4. The van der Waals surface area contributed by atoms with E-state index < -0.39 is 0 Å². The minimum absolute atomic E-state index is 0.0217. The van der Waals surface area contributed by atoms with Crippen LogP contribution in [0.1, 0.15) is 48.7 Å². The number of anilines is 1. The topological polar surface area (TPSA) is 73.1 Å². The predicted molar refractivity (Wildman–Crippen MR) is 103 cm³/mol. The Labute approximate surface area is 159 Å². The average Bonchev–Trinajstić information content (AvgIpc) is 3.51. The fourth-order valence-corrected chi connectivity index (χ4v) is 3.44. The number of nitrogens with zero attached hydrogens (tertiary/aromatic N) is 5. The van der Waals surface area contributed by atoms with Crippen LogP contribution in [0.4, 0.5) is 5.82 Å². The smallest absolute Gasteiger partial charge is 0.255 e. The van der Waals surface area contributed by atoms with Crippen molar-refractivity contribution in [2.45, 2.75) is 45.4 Å². The van der Waals surface area contributed by atoms with Crippen LogP contribution in [0.5, 0.6) is 5.88 Å². The molecule has 1 saturated heterocycles. The molecule has 1 saturated carbocycles. The van der Waals surface area contributed by atoms with Crippen LogP contribution in [0, 0.1) is 19.8 Å². The fourth-order valence-electron chi connectivity index (χ4n) is 3.44. The van der Waals surface area contributed by atoms with Crippen LogP contribution in [-0.4, -0.2) is 39.2 Å². The highest BCUT2D eigenvalue weighted by molar-refractivity contribution is 5.37. The Hall–Kier alpha value is -2.44. The number of hydrogen-bond acceptors (Lipinski definition) is 6. The first-order valence-electron chi connectivity index (χ1n) is 9.77. The number of piperidine rings is 1. The molecule has 2 aliphatic rings. The van der Waals surface area contributed by atoms with Gasteiger partial charge in [0, 0.05) is 43.4 Å². The van der Waals surface area contributed by atoms with Crippen molar-refractivity contribution >= 4 is 5.82 Å². The molecule has 0 amide bonds. The summed E-state index contributed by atoms with van der Waals surface area (Å²) < 4.78 is 7.60. The number of hydrogen-bond donors (Lipinski definition) is 0. The molecule has 0 bridgehead atoms. The third kappa shape index (κ3) is 3.96. The van der Waals surface area contributed by atoms with E-state index in [2.05, 4.69) is 19.9 Å². The van der Waals surface area contributed by atoms with Crippen LogP contribution in [0.2, 0.25) is 0 Å². The van der Waals surface area contributed by atoms with Crippen LogP contribution in [-0.2, 0) is 7.05 Å². The first-order chi connectivity index (χ1) is 13.0. The van der Waals surface area contributed by atoms with E-state index in [4.69, 9.17) is 4.74 Å². The summed E-state index contributed by atoms with van der Waals surface area (Å²) in [6.07, 6.45) is 6.02. The standard InChI is InChI=1S/C20H27N5O2/c1-13-14(2)22-19(16-4-5-16)23-20(13)27-11-15-6-8-25(9-7-15)17-10-18(26)24(3)12-21-17/h10,12,15-16H,4-9,11H2,1-3H3. The molecule has 7 heteroatoms. The van der Waals surface area contributed by atoms with E-state index in [1.807, 2.05) is 13.8 Å². The van der Waals surface area contributed by atoms with Crippen molar-refractivity contribution in [3.05, 3.63) is 39.8 Å². The number of aryl methyl sites for hydroxylation is 2. The molecule has 0 radical (unpaired) electrons. The molecule has 27 heavy (non-hydrogen) atoms. The van der Waals surface area contributed by atoms with Crippen molar-refractivity contribution in [2.24, 2.45) is 13.0 Å². The van der Waals surface area contributed by atoms with Gasteiger partial charge in [-0.2, -0.15) is 4.98 Å². The summed E-state index contributed by atoms with van der Waals surface area (Å²) in [7, 11) is 1.72. The summed E-state index contributed by atoms with van der Waals surface area (Å²) in [6.45, 7) is 6.53. The monoisotopic (exact) mass is 369 g/mol. The summed E-state index contributed by atoms with van der Waals surface area (Å²) in [4.78, 5) is 27.7. The van der Waals surface area contributed by atoms with Crippen LogP contribution in [0.25, 0.3) is 0 Å². The van der Waals surface area contributed by atoms with Gasteiger partial charge in [0.25, 0.3) is 5.56 Å². The Balaban J connectivity index is 1.34. The van der Waals surface area contributed by atoms with E-state index in [0.717, 1.165) is 54.7 Å². The van der Waals surface area contributed by atoms with Crippen molar-refractivity contribution < 1.29 is 4.74 Å². The first-order valence-corrected chi connectivity index (χ1v) is 9.77. The highest BCUT2D eigenvalue weighted by Crippen LogP contribution is 2.39. The van der Waals surface area contributed by atoms with Gasteiger partial charge in [-0.15, -0.1) is 0 Å². The highest BCUT2D eigenvalue weighted by Gasteiger charge is 2.28. The molecule has 3 heterocycles. The summed E-state index contributed by atoms with van der Waals surface area (Å²) in [6, 6.07) is 1.61. The number of ether oxygens (including phenoxy) is 1. The van der Waals surface area contributed by atoms with E-state index in [1.165, 1.54) is 17.4 Å². The predicted octanol–water partition coefficient (Wildman–Crippen LogP) is 2.36. The summed E-state index contributed by atoms with van der Waals surface area (Å²) in [5, 5.41) is 0. The Kier molecular flexibility index (Phi) is 4.85. The molecule has 0 aromatic carbocycles. The second-order valence-electron chi connectivity index (χ2n) is 7.81. The van der Waals surface area contributed by atoms with Gasteiger partial charge in [-0.25, -0.2) is 9.97 Å².